The number of phenolic OH excluding ortho intramolecular Hbond substituents is 1. The number of fused-ring (bicyclic) bond motifs is 2. The Morgan fingerprint density at radius 1 is 1.12 bits per heavy atom. The van der Waals surface area contributed by atoms with Crippen LogP contribution in [0.4, 0.5) is 5.82 Å². The van der Waals surface area contributed by atoms with Gasteiger partial charge < -0.3 is 14.3 Å². The molecule has 1 amide bonds. The van der Waals surface area contributed by atoms with Gasteiger partial charge in [0.15, 0.2) is 16.9 Å². The number of ether oxygens (including phenoxy) is 1. The van der Waals surface area contributed by atoms with Gasteiger partial charge in [0.2, 0.25) is 5.76 Å². The number of anilines is 1. The highest BCUT2D eigenvalue weighted by Crippen LogP contribution is 2.44. The average molecular weight is 493 g/mol. The van der Waals surface area contributed by atoms with Crippen LogP contribution in [-0.4, -0.2) is 23.1 Å². The number of benzene rings is 2. The Labute approximate surface area is 191 Å². The van der Waals surface area contributed by atoms with Crippen LogP contribution in [-0.2, 0) is 0 Å². The first-order valence-corrected chi connectivity index (χ1v) is 10.6. The maximum atomic E-state index is 13.6. The van der Waals surface area contributed by atoms with Crippen LogP contribution in [0.5, 0.6) is 11.5 Å². The van der Waals surface area contributed by atoms with Crippen LogP contribution in [0.15, 0.2) is 68.3 Å². The van der Waals surface area contributed by atoms with E-state index in [4.69, 9.17) is 9.15 Å². The van der Waals surface area contributed by atoms with Gasteiger partial charge in [0.05, 0.1) is 28.6 Å². The predicted molar refractivity (Wildman–Crippen MR) is 122 cm³/mol. The maximum absolute atomic E-state index is 13.6. The van der Waals surface area contributed by atoms with E-state index in [2.05, 4.69) is 20.9 Å². The topological polar surface area (TPSA) is 92.9 Å². The number of aromatic nitrogens is 1. The second kappa shape index (κ2) is 7.49. The summed E-state index contributed by atoms with van der Waals surface area (Å²) in [5, 5.41) is 10.7. The number of aryl methyl sites for hydroxylation is 1. The molecule has 0 aliphatic carbocycles. The first-order chi connectivity index (χ1) is 15.4. The lowest BCUT2D eigenvalue weighted by atomic mass is 9.98. The third-order valence-corrected chi connectivity index (χ3v) is 6.09. The van der Waals surface area contributed by atoms with E-state index in [1.807, 2.05) is 13.0 Å². The van der Waals surface area contributed by atoms with Crippen molar-refractivity contribution < 1.29 is 19.1 Å². The third kappa shape index (κ3) is 2.98. The van der Waals surface area contributed by atoms with Crippen molar-refractivity contribution in [1.82, 2.24) is 4.98 Å². The SMILES string of the molecule is COc1cc([C@H]2c3c(oc4ccccc4c3=O)C(=O)N2c2cccc(C)n2)cc(Br)c1O. The van der Waals surface area contributed by atoms with E-state index in [0.717, 1.165) is 5.69 Å². The van der Waals surface area contributed by atoms with Gasteiger partial charge >= 0.3 is 0 Å². The monoisotopic (exact) mass is 492 g/mol. The smallest absolute Gasteiger partial charge is 0.296 e. The van der Waals surface area contributed by atoms with Crippen molar-refractivity contribution in [1.29, 1.82) is 0 Å². The second-order valence-electron chi connectivity index (χ2n) is 7.44. The molecule has 3 heterocycles. The molecule has 1 N–H and O–H groups in total. The predicted octanol–water partition coefficient (Wildman–Crippen LogP) is 4.72. The lowest BCUT2D eigenvalue weighted by Crippen LogP contribution is -2.30. The minimum atomic E-state index is -0.821. The molecule has 1 atom stereocenters. The van der Waals surface area contributed by atoms with Gasteiger partial charge in [-0.3, -0.25) is 14.5 Å². The van der Waals surface area contributed by atoms with Crippen LogP contribution in [0.3, 0.4) is 0 Å². The highest BCUT2D eigenvalue weighted by atomic mass is 79.9. The number of halogens is 1. The van der Waals surface area contributed by atoms with E-state index in [-0.39, 0.29) is 28.3 Å². The zero-order valence-electron chi connectivity index (χ0n) is 17.1. The molecule has 0 saturated heterocycles. The number of nitrogens with zero attached hydrogens (tertiary/aromatic N) is 2. The summed E-state index contributed by atoms with van der Waals surface area (Å²) in [6.45, 7) is 1.82. The van der Waals surface area contributed by atoms with Crippen molar-refractivity contribution >= 4 is 38.6 Å². The van der Waals surface area contributed by atoms with Gasteiger partial charge in [0.25, 0.3) is 5.91 Å². The second-order valence-corrected chi connectivity index (χ2v) is 8.29. The molecule has 32 heavy (non-hydrogen) atoms. The quantitative estimate of drug-likeness (QED) is 0.444. The minimum Gasteiger partial charge on any atom is -0.503 e. The summed E-state index contributed by atoms with van der Waals surface area (Å²) in [4.78, 5) is 33.1. The molecule has 2 aromatic carbocycles. The summed E-state index contributed by atoms with van der Waals surface area (Å²) in [6, 6.07) is 14.6. The maximum Gasteiger partial charge on any atom is 0.296 e. The van der Waals surface area contributed by atoms with Crippen LogP contribution < -0.4 is 15.1 Å². The number of methoxy groups -OCH3 is 1. The minimum absolute atomic E-state index is 0.0230. The summed E-state index contributed by atoms with van der Waals surface area (Å²) in [5.41, 5.74) is 1.55. The highest BCUT2D eigenvalue weighted by molar-refractivity contribution is 9.10. The van der Waals surface area contributed by atoms with Crippen molar-refractivity contribution in [2.45, 2.75) is 13.0 Å². The van der Waals surface area contributed by atoms with Crippen LogP contribution >= 0.6 is 15.9 Å². The van der Waals surface area contributed by atoms with Crippen LogP contribution in [0.1, 0.15) is 33.4 Å². The van der Waals surface area contributed by atoms with Crippen molar-refractivity contribution in [2.75, 3.05) is 12.0 Å². The van der Waals surface area contributed by atoms with Crippen LogP contribution in [0.2, 0.25) is 0 Å². The van der Waals surface area contributed by atoms with E-state index in [9.17, 15) is 14.7 Å². The Kier molecular flexibility index (Phi) is 4.74. The zero-order chi connectivity index (χ0) is 22.6. The lowest BCUT2D eigenvalue weighted by molar-refractivity contribution is 0.0970. The summed E-state index contributed by atoms with van der Waals surface area (Å²) in [7, 11) is 1.43. The number of carbonyl (C=O) groups is 1. The number of hydrogen-bond acceptors (Lipinski definition) is 6. The molecule has 7 nitrogen and oxygen atoms in total. The molecule has 0 unspecified atom stereocenters. The molecule has 5 rings (SSSR count). The Morgan fingerprint density at radius 3 is 2.66 bits per heavy atom. The number of carbonyl (C=O) groups excluding carboxylic acids is 1. The molecular weight excluding hydrogens is 476 g/mol. The fraction of sp³-hybridized carbons (Fsp3) is 0.125. The van der Waals surface area contributed by atoms with E-state index >= 15 is 0 Å². The standard InChI is InChI=1S/C24H17BrN2O5/c1-12-6-5-9-18(26-12)27-20(13-10-15(25)22(29)17(11-13)31-2)19-21(28)14-7-3-4-8-16(14)32-23(19)24(27)30/h3-11,20,29H,1-2H3/t20-/m0/s1. The number of para-hydroxylation sites is 1. The van der Waals surface area contributed by atoms with E-state index in [1.165, 1.54) is 12.0 Å². The lowest BCUT2D eigenvalue weighted by Gasteiger charge is -2.25. The summed E-state index contributed by atoms with van der Waals surface area (Å²) in [6.07, 6.45) is 0. The number of hydrogen-bond donors (Lipinski definition) is 1. The molecule has 1 aliphatic heterocycles. The van der Waals surface area contributed by atoms with Gasteiger partial charge in [-0.05, 0) is 64.8 Å². The highest BCUT2D eigenvalue weighted by Gasteiger charge is 2.44. The number of aromatic hydroxyl groups is 1. The Balaban J connectivity index is 1.85. The molecule has 160 valence electrons. The van der Waals surface area contributed by atoms with Gasteiger partial charge in [-0.1, -0.05) is 18.2 Å². The number of amides is 1. The van der Waals surface area contributed by atoms with Gasteiger partial charge in [0, 0.05) is 5.69 Å². The van der Waals surface area contributed by atoms with Gasteiger partial charge in [0.1, 0.15) is 11.4 Å². The van der Waals surface area contributed by atoms with E-state index in [1.54, 1.807) is 48.5 Å². The van der Waals surface area contributed by atoms with Crippen molar-refractivity contribution in [3.05, 3.63) is 91.9 Å². The van der Waals surface area contributed by atoms with Gasteiger partial charge in [-0.15, -0.1) is 0 Å². The summed E-state index contributed by atoms with van der Waals surface area (Å²) < 4.78 is 11.6. The number of rotatable bonds is 3. The summed E-state index contributed by atoms with van der Waals surface area (Å²) >= 11 is 3.34. The first-order valence-electron chi connectivity index (χ1n) is 9.80. The largest absolute Gasteiger partial charge is 0.503 e. The first kappa shape index (κ1) is 20.3. The fourth-order valence-electron chi connectivity index (χ4n) is 4.04. The van der Waals surface area contributed by atoms with Crippen LogP contribution in [0, 0.1) is 6.92 Å². The molecule has 8 heteroatoms. The molecule has 1 aliphatic rings. The van der Waals surface area contributed by atoms with E-state index in [0.29, 0.717) is 26.8 Å². The van der Waals surface area contributed by atoms with E-state index < -0.39 is 11.9 Å². The molecule has 0 spiro atoms. The van der Waals surface area contributed by atoms with Crippen LogP contribution in [0.25, 0.3) is 11.0 Å². The van der Waals surface area contributed by atoms with Crippen molar-refractivity contribution in [2.24, 2.45) is 0 Å². The molecule has 2 aromatic heterocycles. The zero-order valence-corrected chi connectivity index (χ0v) is 18.7. The molecule has 0 radical (unpaired) electrons. The number of phenols is 1. The van der Waals surface area contributed by atoms with Gasteiger partial charge in [-0.25, -0.2) is 4.98 Å². The summed E-state index contributed by atoms with van der Waals surface area (Å²) in [5.74, 6) is 0.0292. The Morgan fingerprint density at radius 2 is 1.91 bits per heavy atom. The number of pyridine rings is 1. The Hall–Kier alpha value is -3.65. The van der Waals surface area contributed by atoms with Crippen molar-refractivity contribution in [3.63, 3.8) is 0 Å². The average Bonchev–Trinajstić information content (AvgIpc) is 3.08. The molecular formula is C24H17BrN2O5. The Bertz CT molecular complexity index is 1460. The molecule has 0 bridgehead atoms. The third-order valence-electron chi connectivity index (χ3n) is 5.48. The van der Waals surface area contributed by atoms with Gasteiger partial charge in [-0.2, -0.15) is 0 Å². The molecule has 0 fully saturated rings. The molecule has 4 aromatic rings. The van der Waals surface area contributed by atoms with Crippen molar-refractivity contribution in [3.8, 4) is 11.5 Å². The normalized spacial score (nSPS) is 15.3. The fourth-order valence-corrected chi connectivity index (χ4v) is 4.50. The molecule has 0 saturated carbocycles.